The smallest absolute Gasteiger partial charge is 0.131 e. The Kier molecular flexibility index (Phi) is 3.63. The number of phenolic OH excluding ortho intramolecular Hbond substituents is 1. The summed E-state index contributed by atoms with van der Waals surface area (Å²) in [4.78, 5) is 0. The minimum Gasteiger partial charge on any atom is -0.507 e. The molecule has 0 spiro atoms. The quantitative estimate of drug-likeness (QED) is 0.771. The number of hydrogen-bond donors (Lipinski definition) is 1. The van der Waals surface area contributed by atoms with Crippen molar-refractivity contribution in [2.24, 2.45) is 0 Å². The van der Waals surface area contributed by atoms with Gasteiger partial charge in [-0.25, -0.2) is 0 Å². The number of rotatable bonds is 3. The molecule has 0 aliphatic rings. The maximum absolute atomic E-state index is 10.7. The molecule has 3 aromatic carbocycles. The number of ether oxygens (including phenoxy) is 2. The number of aryl methyl sites for hydroxylation is 1. The van der Waals surface area contributed by atoms with Crippen LogP contribution in [0.15, 0.2) is 48.5 Å². The number of phenols is 1. The normalized spacial score (nSPS) is 10.7. The minimum absolute atomic E-state index is 0.283. The Hall–Kier alpha value is -2.68. The first-order valence-electron chi connectivity index (χ1n) is 7.09. The van der Waals surface area contributed by atoms with Gasteiger partial charge in [0.05, 0.1) is 14.2 Å². The van der Waals surface area contributed by atoms with Crippen molar-refractivity contribution in [2.75, 3.05) is 14.2 Å². The van der Waals surface area contributed by atoms with Crippen LogP contribution in [0.5, 0.6) is 17.2 Å². The first kappa shape index (κ1) is 14.3. The summed E-state index contributed by atoms with van der Waals surface area (Å²) in [5.41, 5.74) is 2.77. The van der Waals surface area contributed by atoms with Crippen LogP contribution in [-0.4, -0.2) is 19.3 Å². The zero-order valence-electron chi connectivity index (χ0n) is 12.9. The zero-order valence-corrected chi connectivity index (χ0v) is 12.9. The molecule has 0 atom stereocenters. The third-order valence-electron chi connectivity index (χ3n) is 3.88. The Bertz CT molecular complexity index is 837. The molecule has 3 nitrogen and oxygen atoms in total. The van der Waals surface area contributed by atoms with E-state index in [1.165, 1.54) is 0 Å². The maximum atomic E-state index is 10.7. The SMILES string of the molecule is COc1cccc(-c2c(C)cc3cc(OC)ccc3c2O)c1. The van der Waals surface area contributed by atoms with Gasteiger partial charge in [0.1, 0.15) is 17.2 Å². The summed E-state index contributed by atoms with van der Waals surface area (Å²) in [5.74, 6) is 1.83. The summed E-state index contributed by atoms with van der Waals surface area (Å²) in [6, 6.07) is 15.4. The van der Waals surface area contributed by atoms with E-state index in [0.29, 0.717) is 0 Å². The Balaban J connectivity index is 2.25. The van der Waals surface area contributed by atoms with Gasteiger partial charge in [-0.3, -0.25) is 0 Å². The van der Waals surface area contributed by atoms with Gasteiger partial charge in [-0.15, -0.1) is 0 Å². The predicted octanol–water partition coefficient (Wildman–Crippen LogP) is 4.54. The molecule has 0 heterocycles. The molecule has 1 N–H and O–H groups in total. The average Bonchev–Trinajstić information content (AvgIpc) is 2.54. The highest BCUT2D eigenvalue weighted by atomic mass is 16.5. The van der Waals surface area contributed by atoms with Gasteiger partial charge < -0.3 is 14.6 Å². The highest BCUT2D eigenvalue weighted by Gasteiger charge is 2.13. The second kappa shape index (κ2) is 5.60. The molecule has 3 heteroatoms. The number of fused-ring (bicyclic) bond motifs is 1. The third-order valence-corrected chi connectivity index (χ3v) is 3.88. The summed E-state index contributed by atoms with van der Waals surface area (Å²) in [6.07, 6.45) is 0. The van der Waals surface area contributed by atoms with Gasteiger partial charge in [0, 0.05) is 10.9 Å². The molecule has 0 saturated heterocycles. The number of methoxy groups -OCH3 is 2. The van der Waals surface area contributed by atoms with Crippen LogP contribution in [0.3, 0.4) is 0 Å². The first-order chi connectivity index (χ1) is 10.6. The molecule has 3 aromatic rings. The molecular weight excluding hydrogens is 276 g/mol. The van der Waals surface area contributed by atoms with E-state index in [1.54, 1.807) is 14.2 Å². The van der Waals surface area contributed by atoms with Crippen LogP contribution in [-0.2, 0) is 0 Å². The van der Waals surface area contributed by atoms with Crippen molar-refractivity contribution < 1.29 is 14.6 Å². The van der Waals surface area contributed by atoms with Crippen molar-refractivity contribution in [3.63, 3.8) is 0 Å². The summed E-state index contributed by atoms with van der Waals surface area (Å²) >= 11 is 0. The Morgan fingerprint density at radius 3 is 2.32 bits per heavy atom. The third kappa shape index (κ3) is 2.35. The Morgan fingerprint density at radius 1 is 0.864 bits per heavy atom. The molecule has 112 valence electrons. The van der Waals surface area contributed by atoms with Crippen molar-refractivity contribution in [1.29, 1.82) is 0 Å². The summed E-state index contributed by atoms with van der Waals surface area (Å²) in [6.45, 7) is 1.99. The lowest BCUT2D eigenvalue weighted by Crippen LogP contribution is -1.89. The Labute approximate surface area is 129 Å². The van der Waals surface area contributed by atoms with E-state index < -0.39 is 0 Å². The number of benzene rings is 3. The highest BCUT2D eigenvalue weighted by Crippen LogP contribution is 2.40. The van der Waals surface area contributed by atoms with E-state index in [1.807, 2.05) is 49.4 Å². The fraction of sp³-hybridized carbons (Fsp3) is 0.158. The summed E-state index contributed by atoms with van der Waals surface area (Å²) < 4.78 is 10.5. The van der Waals surface area contributed by atoms with Gasteiger partial charge >= 0.3 is 0 Å². The lowest BCUT2D eigenvalue weighted by atomic mass is 9.94. The van der Waals surface area contributed by atoms with Crippen molar-refractivity contribution in [2.45, 2.75) is 6.92 Å². The molecule has 0 saturated carbocycles. The number of aromatic hydroxyl groups is 1. The molecule has 3 rings (SSSR count). The summed E-state index contributed by atoms with van der Waals surface area (Å²) in [7, 11) is 3.27. The van der Waals surface area contributed by atoms with Crippen molar-refractivity contribution >= 4 is 10.8 Å². The minimum atomic E-state index is 0.283. The van der Waals surface area contributed by atoms with Gasteiger partial charge in [-0.2, -0.15) is 0 Å². The standard InChI is InChI=1S/C19H18O3/c1-12-9-14-11-16(22-3)7-8-17(14)19(20)18(12)13-5-4-6-15(10-13)21-2/h4-11,20H,1-3H3. The van der Waals surface area contributed by atoms with Crippen LogP contribution in [0.2, 0.25) is 0 Å². The highest BCUT2D eigenvalue weighted by molar-refractivity contribution is 5.97. The van der Waals surface area contributed by atoms with Crippen LogP contribution in [0.1, 0.15) is 5.56 Å². The molecule has 0 unspecified atom stereocenters. The second-order valence-electron chi connectivity index (χ2n) is 5.24. The number of hydrogen-bond acceptors (Lipinski definition) is 3. The molecule has 0 fully saturated rings. The average molecular weight is 294 g/mol. The maximum Gasteiger partial charge on any atom is 0.131 e. The molecule has 0 aliphatic carbocycles. The molecule has 0 aromatic heterocycles. The fourth-order valence-corrected chi connectivity index (χ4v) is 2.77. The predicted molar refractivity (Wildman–Crippen MR) is 88.9 cm³/mol. The Morgan fingerprint density at radius 2 is 1.59 bits per heavy atom. The topological polar surface area (TPSA) is 38.7 Å². The van der Waals surface area contributed by atoms with Gasteiger partial charge in [0.2, 0.25) is 0 Å². The zero-order chi connectivity index (χ0) is 15.7. The van der Waals surface area contributed by atoms with Gasteiger partial charge in [-0.1, -0.05) is 18.2 Å². The van der Waals surface area contributed by atoms with Crippen LogP contribution in [0.4, 0.5) is 0 Å². The van der Waals surface area contributed by atoms with Crippen molar-refractivity contribution in [1.82, 2.24) is 0 Å². The van der Waals surface area contributed by atoms with E-state index in [-0.39, 0.29) is 5.75 Å². The van der Waals surface area contributed by atoms with Gasteiger partial charge in [0.25, 0.3) is 0 Å². The van der Waals surface area contributed by atoms with Crippen LogP contribution < -0.4 is 9.47 Å². The van der Waals surface area contributed by atoms with E-state index in [0.717, 1.165) is 39.0 Å². The molecule has 0 bridgehead atoms. The largest absolute Gasteiger partial charge is 0.507 e. The molecule has 22 heavy (non-hydrogen) atoms. The molecule has 0 amide bonds. The van der Waals surface area contributed by atoms with Crippen LogP contribution in [0.25, 0.3) is 21.9 Å². The molecular formula is C19H18O3. The summed E-state index contributed by atoms with van der Waals surface area (Å²) in [5, 5.41) is 12.5. The second-order valence-corrected chi connectivity index (χ2v) is 5.24. The van der Waals surface area contributed by atoms with Crippen molar-refractivity contribution in [3.8, 4) is 28.4 Å². The van der Waals surface area contributed by atoms with E-state index in [2.05, 4.69) is 6.07 Å². The van der Waals surface area contributed by atoms with E-state index in [4.69, 9.17) is 9.47 Å². The van der Waals surface area contributed by atoms with Gasteiger partial charge in [0.15, 0.2) is 0 Å². The first-order valence-corrected chi connectivity index (χ1v) is 7.09. The molecule has 0 aliphatic heterocycles. The van der Waals surface area contributed by atoms with E-state index in [9.17, 15) is 5.11 Å². The van der Waals surface area contributed by atoms with Gasteiger partial charge in [-0.05, 0) is 53.8 Å². The van der Waals surface area contributed by atoms with Crippen molar-refractivity contribution in [3.05, 3.63) is 54.1 Å². The van der Waals surface area contributed by atoms with Crippen LogP contribution >= 0.6 is 0 Å². The van der Waals surface area contributed by atoms with E-state index >= 15 is 0 Å². The lowest BCUT2D eigenvalue weighted by molar-refractivity contribution is 0.415. The lowest BCUT2D eigenvalue weighted by Gasteiger charge is -2.13. The van der Waals surface area contributed by atoms with Crippen LogP contribution in [0, 0.1) is 6.92 Å². The fourth-order valence-electron chi connectivity index (χ4n) is 2.77. The molecule has 0 radical (unpaired) electrons. The monoisotopic (exact) mass is 294 g/mol.